The van der Waals surface area contributed by atoms with Crippen LogP contribution in [-0.4, -0.2) is 41.1 Å². The number of rotatable bonds is 5. The third kappa shape index (κ3) is 3.92. The van der Waals surface area contributed by atoms with Crippen molar-refractivity contribution in [2.75, 3.05) is 19.1 Å². The van der Waals surface area contributed by atoms with E-state index >= 15 is 0 Å². The van der Waals surface area contributed by atoms with Gasteiger partial charge < -0.3 is 14.4 Å². The first-order valence-electron chi connectivity index (χ1n) is 9.33. The van der Waals surface area contributed by atoms with Crippen molar-refractivity contribution in [1.82, 2.24) is 14.8 Å². The zero-order chi connectivity index (χ0) is 22.3. The summed E-state index contributed by atoms with van der Waals surface area (Å²) >= 11 is 0. The van der Waals surface area contributed by atoms with Crippen molar-refractivity contribution in [3.63, 3.8) is 0 Å². The van der Waals surface area contributed by atoms with Gasteiger partial charge in [0.25, 0.3) is 11.8 Å². The largest absolute Gasteiger partial charge is 0.491 e. The maximum absolute atomic E-state index is 13.0. The van der Waals surface area contributed by atoms with Crippen LogP contribution in [-0.2, 0) is 13.1 Å². The fraction of sp³-hybridized carbons (Fsp3) is 0.286. The number of carbonyl (C=O) groups is 1. The highest BCUT2D eigenvalue weighted by molar-refractivity contribution is 6.11. The SMILES string of the molecule is COc1cc(-c2cc(C)c3c(c2)CN(c2cnn(CC(F)(F)F)c2)C3=O)cnc1OC. The highest BCUT2D eigenvalue weighted by Crippen LogP contribution is 2.36. The molecule has 0 bridgehead atoms. The molecule has 0 fully saturated rings. The van der Waals surface area contributed by atoms with E-state index < -0.39 is 12.7 Å². The number of aryl methyl sites for hydroxylation is 1. The molecule has 0 spiro atoms. The van der Waals surface area contributed by atoms with E-state index in [0.717, 1.165) is 26.9 Å². The molecule has 1 aliphatic heterocycles. The number of aromatic nitrogens is 3. The van der Waals surface area contributed by atoms with Crippen LogP contribution in [0.5, 0.6) is 11.6 Å². The molecule has 7 nitrogen and oxygen atoms in total. The number of pyridine rings is 1. The number of fused-ring (bicyclic) bond motifs is 1. The van der Waals surface area contributed by atoms with Crippen molar-refractivity contribution in [2.45, 2.75) is 26.2 Å². The molecule has 0 N–H and O–H groups in total. The summed E-state index contributed by atoms with van der Waals surface area (Å²) in [5.41, 5.74) is 4.02. The van der Waals surface area contributed by atoms with Crippen LogP contribution >= 0.6 is 0 Å². The molecule has 0 saturated heterocycles. The van der Waals surface area contributed by atoms with Gasteiger partial charge in [0.15, 0.2) is 5.75 Å². The molecular weight excluding hydrogens is 413 g/mol. The minimum absolute atomic E-state index is 0.237. The van der Waals surface area contributed by atoms with E-state index in [1.165, 1.54) is 31.5 Å². The summed E-state index contributed by atoms with van der Waals surface area (Å²) in [5, 5.41) is 3.74. The number of hydrogen-bond acceptors (Lipinski definition) is 5. The molecule has 3 heterocycles. The van der Waals surface area contributed by atoms with Gasteiger partial charge in [0, 0.05) is 23.5 Å². The van der Waals surface area contributed by atoms with E-state index in [1.54, 1.807) is 12.3 Å². The van der Waals surface area contributed by atoms with E-state index in [1.807, 2.05) is 19.1 Å². The Bertz CT molecular complexity index is 1160. The van der Waals surface area contributed by atoms with Gasteiger partial charge in [-0.25, -0.2) is 4.98 Å². The minimum Gasteiger partial charge on any atom is -0.491 e. The van der Waals surface area contributed by atoms with E-state index in [2.05, 4.69) is 10.1 Å². The Morgan fingerprint density at radius 3 is 2.55 bits per heavy atom. The zero-order valence-corrected chi connectivity index (χ0v) is 17.0. The van der Waals surface area contributed by atoms with Gasteiger partial charge in [0.05, 0.1) is 32.6 Å². The second-order valence-corrected chi connectivity index (χ2v) is 7.17. The standard InChI is InChI=1S/C21H19F3N4O3/c1-12-4-13(14-6-17(30-2)19(31-3)25-7-14)5-15-9-28(20(29)18(12)15)16-8-26-27(10-16)11-21(22,23)24/h4-8,10H,9,11H2,1-3H3. The molecule has 3 aromatic rings. The van der Waals surface area contributed by atoms with Gasteiger partial charge in [-0.05, 0) is 35.7 Å². The van der Waals surface area contributed by atoms with Crippen molar-refractivity contribution in [3.05, 3.63) is 53.5 Å². The average Bonchev–Trinajstić information content (AvgIpc) is 3.30. The number of hydrogen-bond donors (Lipinski definition) is 0. The quantitative estimate of drug-likeness (QED) is 0.610. The van der Waals surface area contributed by atoms with Crippen LogP contribution in [0.1, 0.15) is 21.5 Å². The van der Waals surface area contributed by atoms with Gasteiger partial charge in [-0.3, -0.25) is 9.48 Å². The van der Waals surface area contributed by atoms with Crippen molar-refractivity contribution < 1.29 is 27.4 Å². The molecule has 0 unspecified atom stereocenters. The van der Waals surface area contributed by atoms with Crippen molar-refractivity contribution in [2.24, 2.45) is 0 Å². The molecule has 0 saturated carbocycles. The summed E-state index contributed by atoms with van der Waals surface area (Å²) in [6.07, 6.45) is -0.242. The molecule has 0 radical (unpaired) electrons. The lowest BCUT2D eigenvalue weighted by Crippen LogP contribution is -2.23. The molecule has 1 aliphatic rings. The smallest absolute Gasteiger partial charge is 0.408 e. The van der Waals surface area contributed by atoms with Gasteiger partial charge in [0.1, 0.15) is 6.54 Å². The van der Waals surface area contributed by atoms with Crippen LogP contribution in [0.15, 0.2) is 36.8 Å². The zero-order valence-electron chi connectivity index (χ0n) is 17.0. The summed E-state index contributed by atoms with van der Waals surface area (Å²) in [7, 11) is 3.02. The maximum Gasteiger partial charge on any atom is 0.408 e. The maximum atomic E-state index is 13.0. The fourth-order valence-corrected chi connectivity index (χ4v) is 3.69. The molecule has 162 valence electrons. The average molecular weight is 432 g/mol. The molecule has 31 heavy (non-hydrogen) atoms. The third-order valence-corrected chi connectivity index (χ3v) is 5.04. The van der Waals surface area contributed by atoms with Crippen molar-refractivity contribution in [3.8, 4) is 22.8 Å². The van der Waals surface area contributed by atoms with E-state index in [0.29, 0.717) is 22.9 Å². The molecule has 0 atom stereocenters. The third-order valence-electron chi connectivity index (χ3n) is 5.04. The number of carbonyl (C=O) groups excluding carboxylic acids is 1. The Labute approximate surface area is 176 Å². The van der Waals surface area contributed by atoms with Crippen LogP contribution in [0.3, 0.4) is 0 Å². The molecular formula is C21H19F3N4O3. The fourth-order valence-electron chi connectivity index (χ4n) is 3.69. The Morgan fingerprint density at radius 2 is 1.87 bits per heavy atom. The minimum atomic E-state index is -4.39. The van der Waals surface area contributed by atoms with E-state index in [-0.39, 0.29) is 12.5 Å². The van der Waals surface area contributed by atoms with Gasteiger partial charge in [-0.15, -0.1) is 0 Å². The first kappa shape index (κ1) is 20.7. The normalized spacial score (nSPS) is 13.5. The number of ether oxygens (including phenoxy) is 2. The Morgan fingerprint density at radius 1 is 1.10 bits per heavy atom. The number of amides is 1. The van der Waals surface area contributed by atoms with Crippen LogP contribution in [0, 0.1) is 6.92 Å². The molecule has 1 aromatic carbocycles. The Kier molecular flexibility index (Phi) is 5.08. The molecule has 10 heteroatoms. The lowest BCUT2D eigenvalue weighted by atomic mass is 9.97. The molecule has 4 rings (SSSR count). The van der Waals surface area contributed by atoms with Crippen molar-refractivity contribution in [1.29, 1.82) is 0 Å². The Hall–Kier alpha value is -3.56. The summed E-state index contributed by atoms with van der Waals surface area (Å²) < 4.78 is 49.1. The van der Waals surface area contributed by atoms with Crippen LogP contribution in [0.4, 0.5) is 18.9 Å². The highest BCUT2D eigenvalue weighted by Gasteiger charge is 2.33. The van der Waals surface area contributed by atoms with Crippen LogP contribution in [0.25, 0.3) is 11.1 Å². The van der Waals surface area contributed by atoms with Crippen LogP contribution < -0.4 is 14.4 Å². The number of nitrogens with zero attached hydrogens (tertiary/aromatic N) is 4. The topological polar surface area (TPSA) is 69.5 Å². The van der Waals surface area contributed by atoms with Crippen LogP contribution in [0.2, 0.25) is 0 Å². The lowest BCUT2D eigenvalue weighted by Gasteiger charge is -2.12. The van der Waals surface area contributed by atoms with E-state index in [9.17, 15) is 18.0 Å². The van der Waals surface area contributed by atoms with Gasteiger partial charge >= 0.3 is 6.18 Å². The van der Waals surface area contributed by atoms with E-state index in [4.69, 9.17) is 9.47 Å². The first-order valence-corrected chi connectivity index (χ1v) is 9.33. The Balaban J connectivity index is 1.66. The number of anilines is 1. The van der Waals surface area contributed by atoms with Crippen molar-refractivity contribution >= 4 is 11.6 Å². The van der Waals surface area contributed by atoms with Gasteiger partial charge in [-0.1, -0.05) is 6.07 Å². The lowest BCUT2D eigenvalue weighted by molar-refractivity contribution is -0.142. The monoisotopic (exact) mass is 432 g/mol. The highest BCUT2D eigenvalue weighted by atomic mass is 19.4. The molecule has 1 amide bonds. The number of halogens is 3. The predicted molar refractivity (Wildman–Crippen MR) is 106 cm³/mol. The summed E-state index contributed by atoms with van der Waals surface area (Å²) in [6.45, 7) is 0.851. The summed E-state index contributed by atoms with van der Waals surface area (Å²) in [4.78, 5) is 18.6. The number of benzene rings is 1. The van der Waals surface area contributed by atoms with Gasteiger partial charge in [-0.2, -0.15) is 18.3 Å². The molecule has 0 aliphatic carbocycles. The summed E-state index contributed by atoms with van der Waals surface area (Å²) in [6, 6.07) is 5.54. The molecule has 2 aromatic heterocycles. The number of methoxy groups -OCH3 is 2. The summed E-state index contributed by atoms with van der Waals surface area (Å²) in [5.74, 6) is 0.574. The number of alkyl halides is 3. The second-order valence-electron chi connectivity index (χ2n) is 7.17. The second kappa shape index (κ2) is 7.60. The predicted octanol–water partition coefficient (Wildman–Crippen LogP) is 3.99. The first-order chi connectivity index (χ1) is 14.7. The van der Waals surface area contributed by atoms with Gasteiger partial charge in [0.2, 0.25) is 0 Å².